The van der Waals surface area contributed by atoms with Crippen LogP contribution in [0.25, 0.3) is 5.69 Å². The summed E-state index contributed by atoms with van der Waals surface area (Å²) in [6.07, 6.45) is 6.15. The van der Waals surface area contributed by atoms with E-state index in [1.54, 1.807) is 7.11 Å². The number of aromatic nitrogens is 2. The Morgan fingerprint density at radius 1 is 1.20 bits per heavy atom. The second-order valence-corrected chi connectivity index (χ2v) is 8.03. The molecule has 1 fully saturated rings. The third-order valence-corrected chi connectivity index (χ3v) is 6.26. The number of fused-ring (bicyclic) bond motifs is 2. The normalized spacial score (nSPS) is 20.2. The highest BCUT2D eigenvalue weighted by Gasteiger charge is 2.46. The molecule has 3 heterocycles. The Bertz CT molecular complexity index is 1040. The molecule has 0 radical (unpaired) electrons. The van der Waals surface area contributed by atoms with Gasteiger partial charge in [0, 0.05) is 31.4 Å². The van der Waals surface area contributed by atoms with Gasteiger partial charge in [0.25, 0.3) is 0 Å². The molecule has 154 valence electrons. The van der Waals surface area contributed by atoms with Crippen LogP contribution in [0.2, 0.25) is 0 Å². The van der Waals surface area contributed by atoms with Crippen molar-refractivity contribution in [2.45, 2.75) is 31.1 Å². The van der Waals surface area contributed by atoms with Crippen LogP contribution in [-0.2, 0) is 21.7 Å². The van der Waals surface area contributed by atoms with Gasteiger partial charge in [0.15, 0.2) is 6.29 Å². The van der Waals surface area contributed by atoms with Gasteiger partial charge in [-0.2, -0.15) is 5.10 Å². The highest BCUT2D eigenvalue weighted by atomic mass is 16.5. The summed E-state index contributed by atoms with van der Waals surface area (Å²) in [6, 6.07) is 16.0. The summed E-state index contributed by atoms with van der Waals surface area (Å²) < 4.78 is 13.6. The average molecular weight is 403 g/mol. The van der Waals surface area contributed by atoms with E-state index in [-0.39, 0.29) is 0 Å². The molecule has 2 aliphatic rings. The summed E-state index contributed by atoms with van der Waals surface area (Å²) in [5.41, 5.74) is 3.93. The van der Waals surface area contributed by atoms with E-state index in [9.17, 15) is 4.79 Å². The first-order valence-corrected chi connectivity index (χ1v) is 10.3. The number of aldehydes is 1. The molecule has 1 atom stereocenters. The van der Waals surface area contributed by atoms with Crippen LogP contribution >= 0.6 is 0 Å². The first kappa shape index (κ1) is 19.0. The molecule has 0 N–H and O–H groups in total. The monoisotopic (exact) mass is 403 g/mol. The Labute approximate surface area is 176 Å². The number of carbonyl (C=O) groups excluding carboxylic acids is 1. The van der Waals surface area contributed by atoms with Crippen LogP contribution in [0.1, 0.15) is 35.6 Å². The second-order valence-electron chi connectivity index (χ2n) is 8.03. The SMILES string of the molecule is COc1ccc2c(c1)C1(CCN(Cc3cnn(-c4ccccc4)c3)CC1)OC2C=O. The van der Waals surface area contributed by atoms with Crippen LogP contribution in [0.15, 0.2) is 60.9 Å². The minimum atomic E-state index is -0.485. The molecule has 0 aliphatic carbocycles. The number of carbonyl (C=O) groups is 1. The van der Waals surface area contributed by atoms with Gasteiger partial charge in [0.05, 0.1) is 24.6 Å². The molecule has 1 saturated heterocycles. The summed E-state index contributed by atoms with van der Waals surface area (Å²) in [5, 5.41) is 4.51. The zero-order valence-corrected chi connectivity index (χ0v) is 17.0. The van der Waals surface area contributed by atoms with Crippen molar-refractivity contribution in [2.75, 3.05) is 20.2 Å². The van der Waals surface area contributed by atoms with E-state index >= 15 is 0 Å². The van der Waals surface area contributed by atoms with E-state index in [2.05, 4.69) is 16.2 Å². The molecule has 2 aromatic carbocycles. The summed E-state index contributed by atoms with van der Waals surface area (Å²) in [5.74, 6) is 0.805. The van der Waals surface area contributed by atoms with E-state index in [0.29, 0.717) is 0 Å². The number of rotatable bonds is 5. The molecular weight excluding hydrogens is 378 g/mol. The standard InChI is InChI=1S/C24H25N3O3/c1-29-20-7-8-21-22(13-20)24(30-23(21)17-28)9-11-26(12-10-24)15-18-14-25-27(16-18)19-5-3-2-4-6-19/h2-8,13-14,16-17,23H,9-12,15H2,1H3. The maximum Gasteiger partial charge on any atom is 0.153 e. The zero-order chi connectivity index (χ0) is 20.6. The molecule has 3 aromatic rings. The Morgan fingerprint density at radius 2 is 2.00 bits per heavy atom. The van der Waals surface area contributed by atoms with Crippen molar-refractivity contribution in [3.8, 4) is 11.4 Å². The number of nitrogens with zero attached hydrogens (tertiary/aromatic N) is 3. The minimum Gasteiger partial charge on any atom is -0.497 e. The third-order valence-electron chi connectivity index (χ3n) is 6.26. The Hall–Kier alpha value is -2.96. The first-order valence-electron chi connectivity index (χ1n) is 10.3. The largest absolute Gasteiger partial charge is 0.497 e. The molecular formula is C24H25N3O3. The lowest BCUT2D eigenvalue weighted by atomic mass is 9.83. The summed E-state index contributed by atoms with van der Waals surface area (Å²) in [4.78, 5) is 14.0. The number of hydrogen-bond acceptors (Lipinski definition) is 5. The summed E-state index contributed by atoms with van der Waals surface area (Å²) in [6.45, 7) is 2.66. The fourth-order valence-electron chi connectivity index (χ4n) is 4.66. The number of para-hydroxylation sites is 1. The van der Waals surface area contributed by atoms with Gasteiger partial charge in [-0.15, -0.1) is 0 Å². The van der Waals surface area contributed by atoms with Crippen molar-refractivity contribution >= 4 is 6.29 Å². The number of benzene rings is 2. The van der Waals surface area contributed by atoms with Crippen LogP contribution in [0.4, 0.5) is 0 Å². The fourth-order valence-corrected chi connectivity index (χ4v) is 4.66. The summed E-state index contributed by atoms with van der Waals surface area (Å²) >= 11 is 0. The van der Waals surface area contributed by atoms with Crippen LogP contribution in [0.5, 0.6) is 5.75 Å². The Kier molecular flexibility index (Phi) is 4.89. The van der Waals surface area contributed by atoms with Gasteiger partial charge in [0.2, 0.25) is 0 Å². The topological polar surface area (TPSA) is 56.6 Å². The van der Waals surface area contributed by atoms with E-state index in [1.165, 1.54) is 5.56 Å². The molecule has 1 spiro atoms. The smallest absolute Gasteiger partial charge is 0.153 e. The lowest BCUT2D eigenvalue weighted by Crippen LogP contribution is -2.42. The maximum atomic E-state index is 11.6. The van der Waals surface area contributed by atoms with Crippen LogP contribution in [0.3, 0.4) is 0 Å². The predicted molar refractivity (Wildman–Crippen MR) is 113 cm³/mol. The number of likely N-dealkylation sites (tertiary alicyclic amines) is 1. The quantitative estimate of drug-likeness (QED) is 0.609. The molecule has 30 heavy (non-hydrogen) atoms. The van der Waals surface area contributed by atoms with Crippen LogP contribution in [-0.4, -0.2) is 41.2 Å². The third kappa shape index (κ3) is 3.32. The number of hydrogen-bond donors (Lipinski definition) is 0. The maximum absolute atomic E-state index is 11.6. The fraction of sp³-hybridized carbons (Fsp3) is 0.333. The minimum absolute atomic E-state index is 0.403. The lowest BCUT2D eigenvalue weighted by Gasteiger charge is -2.39. The summed E-state index contributed by atoms with van der Waals surface area (Å²) in [7, 11) is 1.67. The van der Waals surface area contributed by atoms with Gasteiger partial charge < -0.3 is 14.3 Å². The molecule has 6 nitrogen and oxygen atoms in total. The van der Waals surface area contributed by atoms with Gasteiger partial charge in [-0.1, -0.05) is 24.3 Å². The number of ether oxygens (including phenoxy) is 2. The second kappa shape index (κ2) is 7.70. The molecule has 0 amide bonds. The van der Waals surface area contributed by atoms with E-state index < -0.39 is 11.7 Å². The molecule has 5 rings (SSSR count). The van der Waals surface area contributed by atoms with Crippen molar-refractivity contribution in [3.05, 3.63) is 77.6 Å². The molecule has 0 bridgehead atoms. The highest BCUT2D eigenvalue weighted by molar-refractivity contribution is 5.64. The molecule has 1 aromatic heterocycles. The molecule has 6 heteroatoms. The number of piperidine rings is 1. The van der Waals surface area contributed by atoms with Crippen LogP contribution in [0, 0.1) is 0 Å². The average Bonchev–Trinajstić information content (AvgIpc) is 3.39. The van der Waals surface area contributed by atoms with Gasteiger partial charge in [0.1, 0.15) is 11.9 Å². The van der Waals surface area contributed by atoms with Gasteiger partial charge in [-0.05, 0) is 48.2 Å². The van der Waals surface area contributed by atoms with Crippen molar-refractivity contribution < 1.29 is 14.3 Å². The molecule has 0 saturated carbocycles. The van der Waals surface area contributed by atoms with Gasteiger partial charge >= 0.3 is 0 Å². The predicted octanol–water partition coefficient (Wildman–Crippen LogP) is 3.64. The Balaban J connectivity index is 1.29. The van der Waals surface area contributed by atoms with Gasteiger partial charge in [-0.3, -0.25) is 4.90 Å². The van der Waals surface area contributed by atoms with Crippen molar-refractivity contribution in [3.63, 3.8) is 0 Å². The van der Waals surface area contributed by atoms with Crippen molar-refractivity contribution in [2.24, 2.45) is 0 Å². The number of methoxy groups -OCH3 is 1. The van der Waals surface area contributed by atoms with E-state index in [0.717, 1.165) is 61.3 Å². The first-order chi connectivity index (χ1) is 14.7. The van der Waals surface area contributed by atoms with Crippen molar-refractivity contribution in [1.82, 2.24) is 14.7 Å². The molecule has 1 unspecified atom stereocenters. The van der Waals surface area contributed by atoms with Crippen molar-refractivity contribution in [1.29, 1.82) is 0 Å². The van der Waals surface area contributed by atoms with Crippen LogP contribution < -0.4 is 4.74 Å². The Morgan fingerprint density at radius 3 is 2.73 bits per heavy atom. The van der Waals surface area contributed by atoms with E-state index in [4.69, 9.17) is 9.47 Å². The van der Waals surface area contributed by atoms with E-state index in [1.807, 2.05) is 59.4 Å². The molecule has 2 aliphatic heterocycles. The van der Waals surface area contributed by atoms with Gasteiger partial charge in [-0.25, -0.2) is 4.68 Å². The zero-order valence-electron chi connectivity index (χ0n) is 17.0. The lowest BCUT2D eigenvalue weighted by molar-refractivity contribution is -0.137. The highest BCUT2D eigenvalue weighted by Crippen LogP contribution is 2.49.